The number of carbonyl (C=O) groups is 2. The molecule has 1 N–H and O–H groups in total. The molecular formula is C21H23N3O5. The van der Waals surface area contributed by atoms with Crippen LogP contribution in [-0.4, -0.2) is 59.9 Å². The molecule has 1 aliphatic heterocycles. The lowest BCUT2D eigenvalue weighted by Gasteiger charge is -2.30. The average molecular weight is 397 g/mol. The first-order valence-corrected chi connectivity index (χ1v) is 9.36. The Labute approximate surface area is 168 Å². The molecule has 8 nitrogen and oxygen atoms in total. The van der Waals surface area contributed by atoms with E-state index < -0.39 is 16.8 Å². The van der Waals surface area contributed by atoms with Crippen molar-refractivity contribution in [2.45, 2.75) is 18.9 Å². The molecule has 1 saturated heterocycles. The van der Waals surface area contributed by atoms with Crippen LogP contribution in [0.25, 0.3) is 0 Å². The monoisotopic (exact) mass is 397 g/mol. The second-order valence-electron chi connectivity index (χ2n) is 7.25. The molecule has 0 aliphatic carbocycles. The summed E-state index contributed by atoms with van der Waals surface area (Å²) in [7, 11) is 3.38. The summed E-state index contributed by atoms with van der Waals surface area (Å²) in [4.78, 5) is 40.2. The van der Waals surface area contributed by atoms with E-state index in [0.717, 1.165) is 0 Å². The predicted octanol–water partition coefficient (Wildman–Crippen LogP) is 2.49. The third kappa shape index (κ3) is 4.27. The fourth-order valence-corrected chi connectivity index (χ4v) is 3.45. The molecule has 152 valence electrons. The van der Waals surface area contributed by atoms with Crippen molar-refractivity contribution < 1.29 is 19.6 Å². The lowest BCUT2D eigenvalue weighted by Crippen LogP contribution is -2.40. The number of ketones is 1. The van der Waals surface area contributed by atoms with Gasteiger partial charge in [0.2, 0.25) is 0 Å². The lowest BCUT2D eigenvalue weighted by molar-refractivity contribution is -0.384. The van der Waals surface area contributed by atoms with Crippen LogP contribution in [0.3, 0.4) is 0 Å². The molecule has 0 bridgehead atoms. The summed E-state index contributed by atoms with van der Waals surface area (Å²) < 4.78 is 0. The summed E-state index contributed by atoms with van der Waals surface area (Å²) in [6.45, 7) is 0.844. The first-order chi connectivity index (χ1) is 13.8. The second kappa shape index (κ2) is 8.40. The van der Waals surface area contributed by atoms with Gasteiger partial charge in [0.25, 0.3) is 11.6 Å². The average Bonchev–Trinajstić information content (AvgIpc) is 2.72. The molecule has 0 spiro atoms. The zero-order valence-corrected chi connectivity index (χ0v) is 16.4. The van der Waals surface area contributed by atoms with Gasteiger partial charge in [-0.2, -0.15) is 0 Å². The summed E-state index contributed by atoms with van der Waals surface area (Å²) in [6, 6.07) is 10.8. The number of nitrogens with zero attached hydrogens (tertiary/aromatic N) is 3. The quantitative estimate of drug-likeness (QED) is 0.472. The number of rotatable bonds is 5. The van der Waals surface area contributed by atoms with Crippen molar-refractivity contribution in [2.75, 3.05) is 32.1 Å². The molecule has 29 heavy (non-hydrogen) atoms. The van der Waals surface area contributed by atoms with E-state index in [0.29, 0.717) is 31.6 Å². The van der Waals surface area contributed by atoms with Crippen LogP contribution in [0.4, 0.5) is 11.4 Å². The van der Waals surface area contributed by atoms with Crippen molar-refractivity contribution >= 4 is 23.1 Å². The summed E-state index contributed by atoms with van der Waals surface area (Å²) in [6.07, 6.45) is 0.590. The minimum atomic E-state index is -0.526. The van der Waals surface area contributed by atoms with Gasteiger partial charge in [-0.05, 0) is 31.0 Å². The highest BCUT2D eigenvalue weighted by Crippen LogP contribution is 2.29. The highest BCUT2D eigenvalue weighted by Gasteiger charge is 2.27. The Kier molecular flexibility index (Phi) is 5.93. The molecule has 1 heterocycles. The minimum Gasteiger partial charge on any atom is -0.393 e. The highest BCUT2D eigenvalue weighted by atomic mass is 16.6. The van der Waals surface area contributed by atoms with Crippen LogP contribution in [-0.2, 0) is 0 Å². The number of hydrogen-bond acceptors (Lipinski definition) is 6. The zero-order valence-electron chi connectivity index (χ0n) is 16.4. The Hall–Kier alpha value is -3.26. The number of aliphatic hydroxyl groups excluding tert-OH is 1. The van der Waals surface area contributed by atoms with Crippen LogP contribution in [0.2, 0.25) is 0 Å². The number of likely N-dealkylation sites (tertiary alicyclic amines) is 1. The van der Waals surface area contributed by atoms with Gasteiger partial charge in [-0.25, -0.2) is 0 Å². The van der Waals surface area contributed by atoms with E-state index in [1.807, 2.05) is 0 Å². The molecule has 3 rings (SSSR count). The number of piperidine rings is 1. The van der Waals surface area contributed by atoms with E-state index in [2.05, 4.69) is 0 Å². The number of nitro groups is 1. The second-order valence-corrected chi connectivity index (χ2v) is 7.25. The summed E-state index contributed by atoms with van der Waals surface area (Å²) in [5, 5.41) is 21.1. The van der Waals surface area contributed by atoms with Gasteiger partial charge in [-0.1, -0.05) is 18.2 Å². The van der Waals surface area contributed by atoms with E-state index in [1.54, 1.807) is 48.2 Å². The fraction of sp³-hybridized carbons (Fsp3) is 0.333. The summed E-state index contributed by atoms with van der Waals surface area (Å²) in [5.74, 6) is -0.723. The van der Waals surface area contributed by atoms with Crippen molar-refractivity contribution in [1.82, 2.24) is 4.90 Å². The van der Waals surface area contributed by atoms with Crippen LogP contribution < -0.4 is 4.90 Å². The Balaban J connectivity index is 1.96. The normalized spacial score (nSPS) is 14.5. The van der Waals surface area contributed by atoms with Crippen LogP contribution in [0, 0.1) is 10.1 Å². The van der Waals surface area contributed by atoms with E-state index in [4.69, 9.17) is 0 Å². The Bertz CT molecular complexity index is 949. The van der Waals surface area contributed by atoms with Gasteiger partial charge in [0.15, 0.2) is 5.78 Å². The molecule has 1 amide bonds. The molecule has 0 aromatic heterocycles. The van der Waals surface area contributed by atoms with Crippen LogP contribution in [0.15, 0.2) is 42.5 Å². The number of hydrogen-bond donors (Lipinski definition) is 1. The van der Waals surface area contributed by atoms with Gasteiger partial charge in [0.1, 0.15) is 5.69 Å². The van der Waals surface area contributed by atoms with Crippen LogP contribution in [0.1, 0.15) is 39.1 Å². The maximum absolute atomic E-state index is 13.1. The number of aliphatic hydroxyl groups is 1. The molecule has 0 unspecified atom stereocenters. The third-order valence-electron chi connectivity index (χ3n) is 5.07. The first-order valence-electron chi connectivity index (χ1n) is 9.36. The van der Waals surface area contributed by atoms with Crippen molar-refractivity contribution in [1.29, 1.82) is 0 Å². The molecule has 1 aliphatic rings. The molecule has 8 heteroatoms. The summed E-state index contributed by atoms with van der Waals surface area (Å²) >= 11 is 0. The van der Waals surface area contributed by atoms with Gasteiger partial charge in [-0.15, -0.1) is 0 Å². The molecular weight excluding hydrogens is 374 g/mol. The van der Waals surface area contributed by atoms with Crippen LogP contribution >= 0.6 is 0 Å². The molecule has 2 aromatic rings. The standard InChI is InChI=1S/C21H23N3O5/c1-22(2)18-8-7-14(13-19(18)24(28)29)20(26)16-5-3-4-6-17(16)21(27)23-11-9-15(25)10-12-23/h3-8,13,15,25H,9-12H2,1-2H3. The zero-order chi connectivity index (χ0) is 21.1. The van der Waals surface area contributed by atoms with Crippen molar-refractivity contribution in [3.8, 4) is 0 Å². The molecule has 1 fully saturated rings. The van der Waals surface area contributed by atoms with Crippen molar-refractivity contribution in [3.63, 3.8) is 0 Å². The van der Waals surface area contributed by atoms with Crippen LogP contribution in [0.5, 0.6) is 0 Å². The van der Waals surface area contributed by atoms with Gasteiger partial charge < -0.3 is 14.9 Å². The Morgan fingerprint density at radius 1 is 1.10 bits per heavy atom. The minimum absolute atomic E-state index is 0.150. The van der Waals surface area contributed by atoms with Gasteiger partial charge >= 0.3 is 0 Å². The molecule has 0 saturated carbocycles. The van der Waals surface area contributed by atoms with Gasteiger partial charge in [0.05, 0.1) is 16.6 Å². The highest BCUT2D eigenvalue weighted by molar-refractivity contribution is 6.15. The SMILES string of the molecule is CN(C)c1ccc(C(=O)c2ccccc2C(=O)N2CCC(O)CC2)cc1[N+](=O)[O-]. The van der Waals surface area contributed by atoms with Crippen molar-refractivity contribution in [3.05, 3.63) is 69.3 Å². The van der Waals surface area contributed by atoms with Crippen molar-refractivity contribution in [2.24, 2.45) is 0 Å². The topological polar surface area (TPSA) is 104 Å². The largest absolute Gasteiger partial charge is 0.393 e. The Morgan fingerprint density at radius 2 is 1.72 bits per heavy atom. The maximum Gasteiger partial charge on any atom is 0.293 e. The molecule has 2 aromatic carbocycles. The fourth-order valence-electron chi connectivity index (χ4n) is 3.45. The van der Waals surface area contributed by atoms with E-state index >= 15 is 0 Å². The first kappa shape index (κ1) is 20.5. The summed E-state index contributed by atoms with van der Waals surface area (Å²) in [5.41, 5.74) is 0.831. The molecule has 0 radical (unpaired) electrons. The maximum atomic E-state index is 13.1. The molecule has 0 atom stereocenters. The predicted molar refractivity (Wildman–Crippen MR) is 108 cm³/mol. The number of amides is 1. The third-order valence-corrected chi connectivity index (χ3v) is 5.07. The Morgan fingerprint density at radius 3 is 2.31 bits per heavy atom. The number of nitro benzene ring substituents is 1. The van der Waals surface area contributed by atoms with E-state index in [9.17, 15) is 24.8 Å². The number of benzene rings is 2. The number of carbonyl (C=O) groups excluding carboxylic acids is 2. The number of anilines is 1. The van der Waals surface area contributed by atoms with E-state index in [1.165, 1.54) is 18.2 Å². The van der Waals surface area contributed by atoms with Gasteiger partial charge in [0, 0.05) is 44.4 Å². The van der Waals surface area contributed by atoms with Gasteiger partial charge in [-0.3, -0.25) is 19.7 Å². The van der Waals surface area contributed by atoms with E-state index in [-0.39, 0.29) is 28.3 Å². The lowest BCUT2D eigenvalue weighted by atomic mass is 9.96. The smallest absolute Gasteiger partial charge is 0.293 e.